The summed E-state index contributed by atoms with van der Waals surface area (Å²) in [7, 11) is 0. The van der Waals surface area contributed by atoms with Gasteiger partial charge in [-0.3, -0.25) is 0 Å². The van der Waals surface area contributed by atoms with Crippen LogP contribution in [0.3, 0.4) is 0 Å². The predicted molar refractivity (Wildman–Crippen MR) is 72.5 cm³/mol. The van der Waals surface area contributed by atoms with Crippen LogP contribution in [0.1, 0.15) is 37.3 Å². The first-order valence-corrected chi connectivity index (χ1v) is 6.73. The molecule has 1 heterocycles. The molecule has 0 aliphatic carbocycles. The maximum absolute atomic E-state index is 6.12. The molecule has 0 aromatic heterocycles. The minimum atomic E-state index is -0.102. The van der Waals surface area contributed by atoms with Gasteiger partial charge in [0.2, 0.25) is 0 Å². The highest BCUT2D eigenvalue weighted by Gasteiger charge is 2.19. The van der Waals surface area contributed by atoms with E-state index in [1.54, 1.807) is 0 Å². The van der Waals surface area contributed by atoms with Crippen LogP contribution in [0, 0.1) is 0 Å². The van der Waals surface area contributed by atoms with Gasteiger partial charge in [-0.1, -0.05) is 38.1 Å². The minimum absolute atomic E-state index is 0.0954. The van der Waals surface area contributed by atoms with Crippen molar-refractivity contribution in [2.75, 3.05) is 13.2 Å². The van der Waals surface area contributed by atoms with Crippen molar-refractivity contribution in [1.29, 1.82) is 0 Å². The van der Waals surface area contributed by atoms with E-state index in [1.165, 1.54) is 11.1 Å². The van der Waals surface area contributed by atoms with Crippen LogP contribution in [0.25, 0.3) is 0 Å². The maximum atomic E-state index is 6.12. The molecule has 0 saturated carbocycles. The number of benzene rings is 1. The molecule has 2 N–H and O–H groups in total. The average molecular weight is 249 g/mol. The number of ether oxygens (including phenoxy) is 2. The van der Waals surface area contributed by atoms with Crippen LogP contribution < -0.4 is 5.73 Å². The molecule has 1 atom stereocenters. The highest BCUT2D eigenvalue weighted by Crippen LogP contribution is 2.17. The Hall–Kier alpha value is -0.900. The molecule has 1 fully saturated rings. The van der Waals surface area contributed by atoms with Crippen molar-refractivity contribution >= 4 is 0 Å². The Bertz CT molecular complexity index is 355. The largest absolute Gasteiger partial charge is 0.350 e. The summed E-state index contributed by atoms with van der Waals surface area (Å²) in [5, 5.41) is 0. The fourth-order valence-electron chi connectivity index (χ4n) is 2.22. The van der Waals surface area contributed by atoms with Gasteiger partial charge in [0.05, 0.1) is 13.2 Å². The van der Waals surface area contributed by atoms with Gasteiger partial charge in [0.25, 0.3) is 0 Å². The van der Waals surface area contributed by atoms with E-state index in [1.807, 2.05) is 0 Å². The lowest BCUT2D eigenvalue weighted by molar-refractivity contribution is -0.0504. The molecular formula is C15H23NO2. The Balaban J connectivity index is 1.84. The van der Waals surface area contributed by atoms with Crippen molar-refractivity contribution in [2.24, 2.45) is 5.73 Å². The fourth-order valence-corrected chi connectivity index (χ4v) is 2.22. The zero-order chi connectivity index (χ0) is 13.0. The van der Waals surface area contributed by atoms with E-state index in [2.05, 4.69) is 38.1 Å². The zero-order valence-electron chi connectivity index (χ0n) is 11.3. The molecule has 1 saturated heterocycles. The quantitative estimate of drug-likeness (QED) is 0.871. The summed E-state index contributed by atoms with van der Waals surface area (Å²) in [6.45, 7) is 5.80. The van der Waals surface area contributed by atoms with Crippen LogP contribution in [0.5, 0.6) is 0 Å². The van der Waals surface area contributed by atoms with E-state index in [9.17, 15) is 0 Å². The van der Waals surface area contributed by atoms with Crippen LogP contribution in [-0.4, -0.2) is 25.5 Å². The van der Waals surface area contributed by atoms with E-state index in [0.29, 0.717) is 19.1 Å². The van der Waals surface area contributed by atoms with Gasteiger partial charge in [-0.05, 0) is 23.5 Å². The van der Waals surface area contributed by atoms with Gasteiger partial charge in [0.1, 0.15) is 0 Å². The summed E-state index contributed by atoms with van der Waals surface area (Å²) in [6.07, 6.45) is 1.54. The molecule has 1 aromatic carbocycles. The van der Waals surface area contributed by atoms with Gasteiger partial charge in [0, 0.05) is 12.5 Å². The molecule has 1 unspecified atom stereocenters. The van der Waals surface area contributed by atoms with Crippen LogP contribution in [0.15, 0.2) is 24.3 Å². The van der Waals surface area contributed by atoms with Crippen LogP contribution in [0.2, 0.25) is 0 Å². The molecule has 0 radical (unpaired) electrons. The molecule has 1 aliphatic heterocycles. The topological polar surface area (TPSA) is 44.5 Å². The van der Waals surface area contributed by atoms with E-state index in [4.69, 9.17) is 15.2 Å². The molecular weight excluding hydrogens is 226 g/mol. The molecule has 0 bridgehead atoms. The van der Waals surface area contributed by atoms with Gasteiger partial charge in [-0.15, -0.1) is 0 Å². The number of hydrogen-bond acceptors (Lipinski definition) is 3. The van der Waals surface area contributed by atoms with Gasteiger partial charge < -0.3 is 15.2 Å². The third-order valence-corrected chi connectivity index (χ3v) is 3.33. The first kappa shape index (κ1) is 13.5. The SMILES string of the molecule is CC(C)c1ccc(CC(N)CC2OCCO2)cc1. The molecule has 18 heavy (non-hydrogen) atoms. The summed E-state index contributed by atoms with van der Waals surface area (Å²) in [5.41, 5.74) is 8.78. The Kier molecular flexibility index (Phi) is 4.75. The van der Waals surface area contributed by atoms with Crippen LogP contribution in [-0.2, 0) is 15.9 Å². The van der Waals surface area contributed by atoms with Crippen LogP contribution in [0.4, 0.5) is 0 Å². The van der Waals surface area contributed by atoms with Crippen LogP contribution >= 0.6 is 0 Å². The summed E-state index contributed by atoms with van der Waals surface area (Å²) >= 11 is 0. The summed E-state index contributed by atoms with van der Waals surface area (Å²) in [5.74, 6) is 0.577. The standard InChI is InChI=1S/C15H23NO2/c1-11(2)13-5-3-12(4-6-13)9-14(16)10-15-17-7-8-18-15/h3-6,11,14-15H,7-10,16H2,1-2H3. The second-order valence-corrected chi connectivity index (χ2v) is 5.27. The van der Waals surface area contributed by atoms with Crippen molar-refractivity contribution in [2.45, 2.75) is 44.9 Å². The van der Waals surface area contributed by atoms with Crippen molar-refractivity contribution in [3.05, 3.63) is 35.4 Å². The third-order valence-electron chi connectivity index (χ3n) is 3.33. The third kappa shape index (κ3) is 3.80. The first-order chi connectivity index (χ1) is 8.65. The smallest absolute Gasteiger partial charge is 0.159 e. The predicted octanol–water partition coefficient (Wildman–Crippen LogP) is 2.44. The number of rotatable bonds is 5. The van der Waals surface area contributed by atoms with E-state index >= 15 is 0 Å². The lowest BCUT2D eigenvalue weighted by Crippen LogP contribution is -2.28. The number of hydrogen-bond donors (Lipinski definition) is 1. The monoisotopic (exact) mass is 249 g/mol. The normalized spacial score (nSPS) is 18.4. The first-order valence-electron chi connectivity index (χ1n) is 6.73. The molecule has 2 rings (SSSR count). The zero-order valence-corrected chi connectivity index (χ0v) is 11.3. The lowest BCUT2D eigenvalue weighted by atomic mass is 9.98. The maximum Gasteiger partial charge on any atom is 0.159 e. The Morgan fingerprint density at radius 3 is 2.33 bits per heavy atom. The Morgan fingerprint density at radius 1 is 1.17 bits per heavy atom. The molecule has 3 heteroatoms. The second-order valence-electron chi connectivity index (χ2n) is 5.27. The number of nitrogens with two attached hydrogens (primary N) is 1. The Labute approximate surface area is 109 Å². The molecule has 1 aromatic rings. The lowest BCUT2D eigenvalue weighted by Gasteiger charge is -2.16. The van der Waals surface area contributed by atoms with E-state index < -0.39 is 0 Å². The molecule has 100 valence electrons. The van der Waals surface area contributed by atoms with Gasteiger partial charge in [0.15, 0.2) is 6.29 Å². The van der Waals surface area contributed by atoms with E-state index in [-0.39, 0.29) is 12.3 Å². The summed E-state index contributed by atoms with van der Waals surface area (Å²) < 4.78 is 10.8. The van der Waals surface area contributed by atoms with Gasteiger partial charge >= 0.3 is 0 Å². The molecule has 0 spiro atoms. The van der Waals surface area contributed by atoms with Crippen molar-refractivity contribution in [1.82, 2.24) is 0 Å². The highest BCUT2D eigenvalue weighted by atomic mass is 16.7. The minimum Gasteiger partial charge on any atom is -0.350 e. The van der Waals surface area contributed by atoms with Gasteiger partial charge in [-0.2, -0.15) is 0 Å². The molecule has 0 amide bonds. The molecule has 1 aliphatic rings. The highest BCUT2D eigenvalue weighted by molar-refractivity contribution is 5.25. The Morgan fingerprint density at radius 2 is 1.78 bits per heavy atom. The summed E-state index contributed by atoms with van der Waals surface area (Å²) in [4.78, 5) is 0. The van der Waals surface area contributed by atoms with Gasteiger partial charge in [-0.25, -0.2) is 0 Å². The average Bonchev–Trinajstić information content (AvgIpc) is 2.82. The van der Waals surface area contributed by atoms with Crippen molar-refractivity contribution in [3.63, 3.8) is 0 Å². The molecule has 3 nitrogen and oxygen atoms in total. The second kappa shape index (κ2) is 6.32. The fraction of sp³-hybridized carbons (Fsp3) is 0.600. The summed E-state index contributed by atoms with van der Waals surface area (Å²) in [6, 6.07) is 8.82. The van der Waals surface area contributed by atoms with Crippen molar-refractivity contribution in [3.8, 4) is 0 Å². The van der Waals surface area contributed by atoms with E-state index in [0.717, 1.165) is 12.8 Å². The van der Waals surface area contributed by atoms with Crippen molar-refractivity contribution < 1.29 is 9.47 Å².